The molecule has 0 N–H and O–H groups in total. The fourth-order valence-electron chi connectivity index (χ4n) is 0.713. The summed E-state index contributed by atoms with van der Waals surface area (Å²) in [6.07, 6.45) is 1.56. The van der Waals surface area contributed by atoms with Gasteiger partial charge in [-0.3, -0.25) is 0 Å². The zero-order valence-electron chi connectivity index (χ0n) is 5.87. The Morgan fingerprint density at radius 1 is 1.58 bits per heavy atom. The lowest BCUT2D eigenvalue weighted by Crippen LogP contribution is -1.96. The van der Waals surface area contributed by atoms with Gasteiger partial charge < -0.3 is 0 Å². The van der Waals surface area contributed by atoms with E-state index in [4.69, 9.17) is 10.7 Å². The minimum atomic E-state index is -3.50. The van der Waals surface area contributed by atoms with Crippen LogP contribution in [-0.2, 0) is 14.8 Å². The van der Waals surface area contributed by atoms with Crippen molar-refractivity contribution in [3.63, 3.8) is 0 Å². The Kier molecular flexibility index (Phi) is 3.09. The average Bonchev–Trinajstić information content (AvgIpc) is 1.91. The van der Waals surface area contributed by atoms with Crippen LogP contribution in [0.2, 0.25) is 0 Å². The summed E-state index contributed by atoms with van der Waals surface area (Å²) in [5.74, 6) is -0.205. The van der Waals surface area contributed by atoms with E-state index in [1.165, 1.54) is 0 Å². The van der Waals surface area contributed by atoms with Crippen molar-refractivity contribution < 1.29 is 8.42 Å². The minimum Gasteiger partial charge on any atom is -0.249 e. The SMILES string of the molecule is O=S(=O)(Cl)Cc1cccnc1Br. The molecule has 0 amide bonds. The van der Waals surface area contributed by atoms with E-state index in [-0.39, 0.29) is 5.75 Å². The van der Waals surface area contributed by atoms with Crippen molar-refractivity contribution in [2.45, 2.75) is 5.75 Å². The molecule has 0 saturated heterocycles. The molecule has 0 saturated carbocycles. The topological polar surface area (TPSA) is 47.0 Å². The third-order valence-electron chi connectivity index (χ3n) is 1.16. The van der Waals surface area contributed by atoms with Gasteiger partial charge in [0.05, 0.1) is 5.75 Å². The highest BCUT2D eigenvalue weighted by molar-refractivity contribution is 9.10. The lowest BCUT2D eigenvalue weighted by Gasteiger charge is -1.98. The first-order valence-corrected chi connectivity index (χ1v) is 6.28. The van der Waals surface area contributed by atoms with Crippen molar-refractivity contribution in [3.05, 3.63) is 28.5 Å². The Labute approximate surface area is 83.3 Å². The first kappa shape index (κ1) is 9.95. The Bertz CT molecular complexity index is 379. The summed E-state index contributed by atoms with van der Waals surface area (Å²) >= 11 is 3.11. The van der Waals surface area contributed by atoms with E-state index in [9.17, 15) is 8.42 Å². The Morgan fingerprint density at radius 3 is 2.75 bits per heavy atom. The van der Waals surface area contributed by atoms with Crippen LogP contribution in [0.25, 0.3) is 0 Å². The van der Waals surface area contributed by atoms with E-state index in [1.54, 1.807) is 18.3 Å². The highest BCUT2D eigenvalue weighted by Crippen LogP contribution is 2.17. The molecule has 0 bridgehead atoms. The average molecular weight is 271 g/mol. The van der Waals surface area contributed by atoms with Gasteiger partial charge in [0.25, 0.3) is 0 Å². The normalized spacial score (nSPS) is 11.5. The third kappa shape index (κ3) is 3.08. The molecular formula is C6H5BrClNO2S. The second-order valence-corrected chi connectivity index (χ2v) is 5.66. The number of halogens is 2. The van der Waals surface area contributed by atoms with E-state index in [2.05, 4.69) is 20.9 Å². The molecule has 3 nitrogen and oxygen atoms in total. The van der Waals surface area contributed by atoms with Crippen LogP contribution in [0.15, 0.2) is 22.9 Å². The fraction of sp³-hybridized carbons (Fsp3) is 0.167. The Morgan fingerprint density at radius 2 is 2.25 bits per heavy atom. The molecule has 1 aromatic rings. The van der Waals surface area contributed by atoms with Crippen LogP contribution < -0.4 is 0 Å². The molecule has 0 spiro atoms. The molecule has 0 radical (unpaired) electrons. The summed E-state index contributed by atoms with van der Waals surface area (Å²) < 4.78 is 21.8. The van der Waals surface area contributed by atoms with E-state index in [0.29, 0.717) is 10.2 Å². The fourth-order valence-corrected chi connectivity index (χ4v) is 2.25. The zero-order valence-corrected chi connectivity index (χ0v) is 9.03. The largest absolute Gasteiger partial charge is 0.249 e. The van der Waals surface area contributed by atoms with Gasteiger partial charge in [-0.05, 0) is 22.0 Å². The maximum absolute atomic E-state index is 10.7. The molecule has 1 rings (SSSR count). The van der Waals surface area contributed by atoms with Crippen molar-refractivity contribution in [3.8, 4) is 0 Å². The molecule has 6 heteroatoms. The van der Waals surface area contributed by atoms with E-state index >= 15 is 0 Å². The van der Waals surface area contributed by atoms with Gasteiger partial charge in [-0.15, -0.1) is 0 Å². The van der Waals surface area contributed by atoms with Gasteiger partial charge in [-0.1, -0.05) is 6.07 Å². The van der Waals surface area contributed by atoms with Gasteiger partial charge in [0, 0.05) is 22.4 Å². The van der Waals surface area contributed by atoms with Crippen LogP contribution in [-0.4, -0.2) is 13.4 Å². The van der Waals surface area contributed by atoms with Crippen LogP contribution in [0.1, 0.15) is 5.56 Å². The van der Waals surface area contributed by atoms with Crippen LogP contribution >= 0.6 is 26.6 Å². The smallest absolute Gasteiger partial charge is 0.236 e. The lowest BCUT2D eigenvalue weighted by atomic mass is 10.3. The van der Waals surface area contributed by atoms with Crippen molar-refractivity contribution >= 4 is 35.7 Å². The van der Waals surface area contributed by atoms with Crippen molar-refractivity contribution in [1.29, 1.82) is 0 Å². The Hall–Kier alpha value is -0.130. The van der Waals surface area contributed by atoms with Crippen molar-refractivity contribution in [2.24, 2.45) is 0 Å². The summed E-state index contributed by atoms with van der Waals surface area (Å²) in [5.41, 5.74) is 0.563. The number of nitrogens with zero attached hydrogens (tertiary/aromatic N) is 1. The predicted molar refractivity (Wildman–Crippen MR) is 50.4 cm³/mol. The van der Waals surface area contributed by atoms with Gasteiger partial charge in [0.2, 0.25) is 9.05 Å². The standard InChI is InChI=1S/C6H5BrClNO2S/c7-6-5(2-1-3-9-6)4-12(8,10)11/h1-3H,4H2. The molecule has 0 aliphatic heterocycles. The molecular weight excluding hydrogens is 265 g/mol. The molecule has 0 aliphatic rings. The van der Waals surface area contributed by atoms with Gasteiger partial charge in [-0.2, -0.15) is 0 Å². The highest BCUT2D eigenvalue weighted by Gasteiger charge is 2.09. The van der Waals surface area contributed by atoms with Gasteiger partial charge in [0.1, 0.15) is 4.60 Å². The third-order valence-corrected chi connectivity index (χ3v) is 2.86. The van der Waals surface area contributed by atoms with E-state index in [1.807, 2.05) is 0 Å². The molecule has 0 fully saturated rings. The molecule has 66 valence electrons. The monoisotopic (exact) mass is 269 g/mol. The number of hydrogen-bond acceptors (Lipinski definition) is 3. The van der Waals surface area contributed by atoms with Gasteiger partial charge in [-0.25, -0.2) is 13.4 Å². The number of pyridine rings is 1. The quantitative estimate of drug-likeness (QED) is 0.609. The van der Waals surface area contributed by atoms with E-state index < -0.39 is 9.05 Å². The number of hydrogen-bond donors (Lipinski definition) is 0. The first-order chi connectivity index (χ1) is 5.49. The van der Waals surface area contributed by atoms with Crippen molar-refractivity contribution in [2.75, 3.05) is 0 Å². The van der Waals surface area contributed by atoms with E-state index in [0.717, 1.165) is 0 Å². The van der Waals surface area contributed by atoms with Gasteiger partial charge in [0.15, 0.2) is 0 Å². The molecule has 1 heterocycles. The summed E-state index contributed by atoms with van der Waals surface area (Å²) in [6, 6.07) is 3.30. The first-order valence-electron chi connectivity index (χ1n) is 3.01. The molecule has 12 heavy (non-hydrogen) atoms. The Balaban J connectivity index is 2.98. The lowest BCUT2D eigenvalue weighted by molar-refractivity contribution is 0.608. The second kappa shape index (κ2) is 3.72. The maximum atomic E-state index is 10.7. The summed E-state index contributed by atoms with van der Waals surface area (Å²) in [5, 5.41) is 0. The van der Waals surface area contributed by atoms with Gasteiger partial charge >= 0.3 is 0 Å². The zero-order chi connectivity index (χ0) is 9.19. The molecule has 0 aliphatic carbocycles. The number of aromatic nitrogens is 1. The molecule has 0 atom stereocenters. The summed E-state index contributed by atoms with van der Waals surface area (Å²) in [7, 11) is 1.57. The molecule has 1 aromatic heterocycles. The van der Waals surface area contributed by atoms with Crippen LogP contribution in [0, 0.1) is 0 Å². The van der Waals surface area contributed by atoms with Crippen molar-refractivity contribution in [1.82, 2.24) is 4.98 Å². The minimum absolute atomic E-state index is 0.205. The summed E-state index contributed by atoms with van der Waals surface area (Å²) in [6.45, 7) is 0. The van der Waals surface area contributed by atoms with Crippen LogP contribution in [0.4, 0.5) is 0 Å². The van der Waals surface area contributed by atoms with Crippen LogP contribution in [0.3, 0.4) is 0 Å². The number of rotatable bonds is 2. The predicted octanol–water partition coefficient (Wildman–Crippen LogP) is 1.91. The second-order valence-electron chi connectivity index (χ2n) is 2.14. The molecule has 0 aromatic carbocycles. The highest BCUT2D eigenvalue weighted by atomic mass is 79.9. The molecule has 0 unspecified atom stereocenters. The van der Waals surface area contributed by atoms with Crippen LogP contribution in [0.5, 0.6) is 0 Å². The maximum Gasteiger partial charge on any atom is 0.236 e. The summed E-state index contributed by atoms with van der Waals surface area (Å²) in [4.78, 5) is 3.86.